The number of anilines is 1. The van der Waals surface area contributed by atoms with E-state index in [9.17, 15) is 9.59 Å². The fourth-order valence-electron chi connectivity index (χ4n) is 2.42. The molecule has 0 spiro atoms. The van der Waals surface area contributed by atoms with E-state index in [1.807, 2.05) is 6.92 Å². The monoisotopic (exact) mass is 330 g/mol. The SMILES string of the molecule is Cc1cc2c(=O)n(CC(=O)Nc3ccccc3Cl)c(C)nc2[nH]1. The van der Waals surface area contributed by atoms with Crippen molar-refractivity contribution in [3.63, 3.8) is 0 Å². The number of aromatic nitrogens is 3. The Balaban J connectivity index is 1.91. The minimum atomic E-state index is -0.336. The molecular weight excluding hydrogens is 316 g/mol. The zero-order valence-corrected chi connectivity index (χ0v) is 13.4. The molecule has 7 heteroatoms. The van der Waals surface area contributed by atoms with Crippen LogP contribution in [0.1, 0.15) is 11.5 Å². The van der Waals surface area contributed by atoms with Crippen molar-refractivity contribution in [2.24, 2.45) is 0 Å². The van der Waals surface area contributed by atoms with Gasteiger partial charge in [0.15, 0.2) is 0 Å². The number of aromatic amines is 1. The number of nitrogens with zero attached hydrogens (tertiary/aromatic N) is 2. The molecule has 0 atom stereocenters. The maximum Gasteiger partial charge on any atom is 0.263 e. The number of fused-ring (bicyclic) bond motifs is 1. The highest BCUT2D eigenvalue weighted by Crippen LogP contribution is 2.20. The predicted octanol–water partition coefficient (Wildman–Crippen LogP) is 2.63. The summed E-state index contributed by atoms with van der Waals surface area (Å²) in [4.78, 5) is 32.1. The van der Waals surface area contributed by atoms with Crippen LogP contribution in [0.5, 0.6) is 0 Å². The van der Waals surface area contributed by atoms with Gasteiger partial charge < -0.3 is 10.3 Å². The molecule has 0 aliphatic rings. The molecular formula is C16H15ClN4O2. The highest BCUT2D eigenvalue weighted by atomic mass is 35.5. The summed E-state index contributed by atoms with van der Waals surface area (Å²) < 4.78 is 1.35. The van der Waals surface area contributed by atoms with E-state index >= 15 is 0 Å². The van der Waals surface area contributed by atoms with Gasteiger partial charge in [-0.05, 0) is 32.0 Å². The number of halogens is 1. The van der Waals surface area contributed by atoms with Crippen molar-refractivity contribution in [2.75, 3.05) is 5.32 Å². The van der Waals surface area contributed by atoms with E-state index < -0.39 is 0 Å². The van der Waals surface area contributed by atoms with Crippen LogP contribution in [0.3, 0.4) is 0 Å². The molecule has 118 valence electrons. The number of carbonyl (C=O) groups is 1. The number of H-pyrrole nitrogens is 1. The van der Waals surface area contributed by atoms with E-state index in [1.165, 1.54) is 4.57 Å². The quantitative estimate of drug-likeness (QED) is 0.774. The molecule has 2 N–H and O–H groups in total. The van der Waals surface area contributed by atoms with Gasteiger partial charge in [-0.3, -0.25) is 14.2 Å². The third-order valence-electron chi connectivity index (χ3n) is 3.52. The number of aryl methyl sites for hydroxylation is 2. The van der Waals surface area contributed by atoms with E-state index in [4.69, 9.17) is 11.6 Å². The Hall–Kier alpha value is -2.60. The Labute approximate surface area is 137 Å². The van der Waals surface area contributed by atoms with Crippen LogP contribution in [0, 0.1) is 13.8 Å². The average Bonchev–Trinajstić information content (AvgIpc) is 2.86. The first-order valence-electron chi connectivity index (χ1n) is 7.07. The maximum absolute atomic E-state index is 12.5. The Kier molecular flexibility index (Phi) is 3.92. The minimum Gasteiger partial charge on any atom is -0.343 e. The van der Waals surface area contributed by atoms with Gasteiger partial charge in [0.1, 0.15) is 18.0 Å². The van der Waals surface area contributed by atoms with Gasteiger partial charge in [0.2, 0.25) is 5.91 Å². The van der Waals surface area contributed by atoms with Crippen LogP contribution in [0.2, 0.25) is 5.02 Å². The number of hydrogen-bond acceptors (Lipinski definition) is 3. The molecule has 2 aromatic heterocycles. The second kappa shape index (κ2) is 5.89. The molecule has 0 unspecified atom stereocenters. The first-order chi connectivity index (χ1) is 11.0. The molecule has 0 saturated carbocycles. The number of hydrogen-bond donors (Lipinski definition) is 2. The normalized spacial score (nSPS) is 10.9. The lowest BCUT2D eigenvalue weighted by molar-refractivity contribution is -0.116. The number of nitrogens with one attached hydrogen (secondary N) is 2. The number of para-hydroxylation sites is 1. The van der Waals surface area contributed by atoms with E-state index in [1.54, 1.807) is 37.3 Å². The van der Waals surface area contributed by atoms with Gasteiger partial charge in [0.05, 0.1) is 16.1 Å². The fraction of sp³-hybridized carbons (Fsp3) is 0.188. The van der Waals surface area contributed by atoms with Crippen LogP contribution in [-0.4, -0.2) is 20.4 Å². The molecule has 0 radical (unpaired) electrons. The van der Waals surface area contributed by atoms with Gasteiger partial charge in [0.25, 0.3) is 5.56 Å². The highest BCUT2D eigenvalue weighted by Gasteiger charge is 2.13. The third kappa shape index (κ3) is 2.98. The van der Waals surface area contributed by atoms with Crippen LogP contribution < -0.4 is 10.9 Å². The van der Waals surface area contributed by atoms with Gasteiger partial charge in [-0.25, -0.2) is 4.98 Å². The maximum atomic E-state index is 12.5. The molecule has 0 aliphatic heterocycles. The molecule has 6 nitrogen and oxygen atoms in total. The van der Waals surface area contributed by atoms with Crippen LogP contribution in [0.25, 0.3) is 11.0 Å². The summed E-state index contributed by atoms with van der Waals surface area (Å²) in [5.74, 6) is 0.135. The Morgan fingerprint density at radius 1 is 1.35 bits per heavy atom. The van der Waals surface area contributed by atoms with Crippen LogP contribution >= 0.6 is 11.6 Å². The lowest BCUT2D eigenvalue weighted by atomic mass is 10.3. The molecule has 3 rings (SSSR count). The second-order valence-electron chi connectivity index (χ2n) is 5.29. The van der Waals surface area contributed by atoms with Crippen LogP contribution in [0.15, 0.2) is 35.1 Å². The molecule has 0 fully saturated rings. The molecule has 0 bridgehead atoms. The number of carbonyl (C=O) groups excluding carboxylic acids is 1. The Morgan fingerprint density at radius 2 is 2.09 bits per heavy atom. The van der Waals surface area contributed by atoms with Crippen molar-refractivity contribution in [1.29, 1.82) is 0 Å². The van der Waals surface area contributed by atoms with Gasteiger partial charge in [0, 0.05) is 5.69 Å². The summed E-state index contributed by atoms with van der Waals surface area (Å²) in [6.45, 7) is 3.42. The topological polar surface area (TPSA) is 79.8 Å². The van der Waals surface area contributed by atoms with Crippen LogP contribution in [0.4, 0.5) is 5.69 Å². The third-order valence-corrected chi connectivity index (χ3v) is 3.85. The Morgan fingerprint density at radius 3 is 2.83 bits per heavy atom. The van der Waals surface area contributed by atoms with E-state index in [-0.39, 0.29) is 18.0 Å². The standard InChI is InChI=1S/C16H15ClN4O2/c1-9-7-11-15(18-9)19-10(2)21(16(11)23)8-14(22)20-13-6-4-3-5-12(13)17/h3-7,18H,8H2,1-2H3,(H,20,22). The van der Waals surface area contributed by atoms with Crippen molar-refractivity contribution in [3.05, 3.63) is 57.2 Å². The predicted molar refractivity (Wildman–Crippen MR) is 89.9 cm³/mol. The van der Waals surface area contributed by atoms with Crippen molar-refractivity contribution >= 4 is 34.2 Å². The van der Waals surface area contributed by atoms with Gasteiger partial charge in [-0.1, -0.05) is 23.7 Å². The summed E-state index contributed by atoms with van der Waals surface area (Å²) in [6, 6.07) is 8.66. The largest absolute Gasteiger partial charge is 0.343 e. The first-order valence-corrected chi connectivity index (χ1v) is 7.44. The molecule has 3 aromatic rings. The number of amides is 1. The van der Waals surface area contributed by atoms with Crippen molar-refractivity contribution in [2.45, 2.75) is 20.4 Å². The average molecular weight is 331 g/mol. The smallest absolute Gasteiger partial charge is 0.263 e. The molecule has 1 aromatic carbocycles. The van der Waals surface area contributed by atoms with Crippen molar-refractivity contribution in [3.8, 4) is 0 Å². The Bertz CT molecular complexity index is 958. The molecule has 0 saturated heterocycles. The lowest BCUT2D eigenvalue weighted by Crippen LogP contribution is -2.30. The van der Waals surface area contributed by atoms with E-state index in [0.29, 0.717) is 27.6 Å². The van der Waals surface area contributed by atoms with Gasteiger partial charge in [-0.2, -0.15) is 0 Å². The summed E-state index contributed by atoms with van der Waals surface area (Å²) in [5, 5.41) is 3.62. The summed E-state index contributed by atoms with van der Waals surface area (Å²) >= 11 is 6.01. The molecule has 23 heavy (non-hydrogen) atoms. The summed E-state index contributed by atoms with van der Waals surface area (Å²) in [7, 11) is 0. The first kappa shape index (κ1) is 15.3. The zero-order valence-electron chi connectivity index (χ0n) is 12.7. The minimum absolute atomic E-state index is 0.122. The zero-order chi connectivity index (χ0) is 16.6. The van der Waals surface area contributed by atoms with E-state index in [2.05, 4.69) is 15.3 Å². The summed E-state index contributed by atoms with van der Waals surface area (Å²) in [5.41, 5.74) is 1.65. The van der Waals surface area contributed by atoms with Crippen molar-refractivity contribution in [1.82, 2.24) is 14.5 Å². The van der Waals surface area contributed by atoms with Gasteiger partial charge >= 0.3 is 0 Å². The molecule has 2 heterocycles. The molecule has 0 aliphatic carbocycles. The van der Waals surface area contributed by atoms with Gasteiger partial charge in [-0.15, -0.1) is 0 Å². The second-order valence-corrected chi connectivity index (χ2v) is 5.70. The number of benzene rings is 1. The fourth-order valence-corrected chi connectivity index (χ4v) is 2.61. The van der Waals surface area contributed by atoms with Crippen LogP contribution in [-0.2, 0) is 11.3 Å². The highest BCUT2D eigenvalue weighted by molar-refractivity contribution is 6.33. The summed E-state index contributed by atoms with van der Waals surface area (Å²) in [6.07, 6.45) is 0. The van der Waals surface area contributed by atoms with E-state index in [0.717, 1.165) is 5.69 Å². The van der Waals surface area contributed by atoms with Crippen molar-refractivity contribution < 1.29 is 4.79 Å². The lowest BCUT2D eigenvalue weighted by Gasteiger charge is -2.10. The number of rotatable bonds is 3. The molecule has 1 amide bonds.